The first-order valence-electron chi connectivity index (χ1n) is 5.03. The highest BCUT2D eigenvalue weighted by molar-refractivity contribution is 9.10. The lowest BCUT2D eigenvalue weighted by Gasteiger charge is -2.13. The molecular weight excluding hydrogens is 274 g/mol. The lowest BCUT2D eigenvalue weighted by atomic mass is 10.2. The maximum Gasteiger partial charge on any atom is 0.335 e. The van der Waals surface area contributed by atoms with Crippen LogP contribution in [0, 0.1) is 0 Å². The van der Waals surface area contributed by atoms with Gasteiger partial charge >= 0.3 is 5.97 Å². The number of anilines is 1. The van der Waals surface area contributed by atoms with Crippen LogP contribution in [0.1, 0.15) is 16.8 Å². The predicted molar refractivity (Wildman–Crippen MR) is 63.9 cm³/mol. The Morgan fingerprint density at radius 1 is 1.50 bits per heavy atom. The Labute approximate surface area is 102 Å². The minimum Gasteiger partial charge on any atom is -0.478 e. The van der Waals surface area contributed by atoms with Gasteiger partial charge < -0.3 is 15.2 Å². The molecule has 5 heteroatoms. The van der Waals surface area contributed by atoms with Gasteiger partial charge in [-0.3, -0.25) is 0 Å². The van der Waals surface area contributed by atoms with Crippen LogP contribution >= 0.6 is 15.9 Å². The standard InChI is InChI=1S/C11H12BrNO3/c12-8-3-7(11(14)15)4-10(5-8)13-9-1-2-16-6-9/h3-5,9,13H,1-2,6H2,(H,14,15). The highest BCUT2D eigenvalue weighted by Gasteiger charge is 2.16. The van der Waals surface area contributed by atoms with Crippen LogP contribution in [0.3, 0.4) is 0 Å². The van der Waals surface area contributed by atoms with Crippen LogP contribution in [0.25, 0.3) is 0 Å². The summed E-state index contributed by atoms with van der Waals surface area (Å²) in [7, 11) is 0. The molecule has 4 nitrogen and oxygen atoms in total. The number of halogens is 1. The number of ether oxygens (including phenoxy) is 1. The van der Waals surface area contributed by atoms with Crippen molar-refractivity contribution < 1.29 is 14.6 Å². The minimum atomic E-state index is -0.924. The van der Waals surface area contributed by atoms with Crippen LogP contribution in [0.5, 0.6) is 0 Å². The Morgan fingerprint density at radius 2 is 2.31 bits per heavy atom. The molecular formula is C11H12BrNO3. The third-order valence-corrected chi connectivity index (χ3v) is 2.90. The molecule has 0 saturated carbocycles. The highest BCUT2D eigenvalue weighted by Crippen LogP contribution is 2.21. The average molecular weight is 286 g/mol. The molecule has 0 aliphatic carbocycles. The van der Waals surface area contributed by atoms with Gasteiger partial charge in [-0.05, 0) is 24.6 Å². The van der Waals surface area contributed by atoms with Gasteiger partial charge in [-0.1, -0.05) is 15.9 Å². The first-order valence-corrected chi connectivity index (χ1v) is 5.82. The smallest absolute Gasteiger partial charge is 0.335 e. The van der Waals surface area contributed by atoms with E-state index in [1.165, 1.54) is 0 Å². The van der Waals surface area contributed by atoms with Crippen LogP contribution in [0.2, 0.25) is 0 Å². The molecule has 1 fully saturated rings. The molecule has 0 spiro atoms. The van der Waals surface area contributed by atoms with Crippen LogP contribution in [-0.2, 0) is 4.74 Å². The first kappa shape index (κ1) is 11.4. The van der Waals surface area contributed by atoms with Gasteiger partial charge in [0.15, 0.2) is 0 Å². The van der Waals surface area contributed by atoms with Crippen molar-refractivity contribution in [2.45, 2.75) is 12.5 Å². The largest absolute Gasteiger partial charge is 0.478 e. The quantitative estimate of drug-likeness (QED) is 0.895. The zero-order chi connectivity index (χ0) is 11.5. The number of hydrogen-bond acceptors (Lipinski definition) is 3. The van der Waals surface area contributed by atoms with Crippen molar-refractivity contribution in [3.8, 4) is 0 Å². The van der Waals surface area contributed by atoms with E-state index in [9.17, 15) is 4.79 Å². The van der Waals surface area contributed by atoms with Gasteiger partial charge in [0, 0.05) is 16.8 Å². The molecule has 1 unspecified atom stereocenters. The summed E-state index contributed by atoms with van der Waals surface area (Å²) in [6.07, 6.45) is 0.953. The van der Waals surface area contributed by atoms with E-state index in [0.29, 0.717) is 6.61 Å². The molecule has 1 aromatic carbocycles. The summed E-state index contributed by atoms with van der Waals surface area (Å²) in [6, 6.07) is 5.35. The van der Waals surface area contributed by atoms with Gasteiger partial charge in [0.05, 0.1) is 18.2 Å². The van der Waals surface area contributed by atoms with Crippen molar-refractivity contribution in [2.24, 2.45) is 0 Å². The van der Waals surface area contributed by atoms with Crippen molar-refractivity contribution in [1.29, 1.82) is 0 Å². The number of aromatic carboxylic acids is 1. The Hall–Kier alpha value is -1.07. The summed E-state index contributed by atoms with van der Waals surface area (Å²) in [5.74, 6) is -0.924. The molecule has 1 aliphatic heterocycles. The lowest BCUT2D eigenvalue weighted by molar-refractivity contribution is 0.0697. The fourth-order valence-electron chi connectivity index (χ4n) is 1.68. The second-order valence-corrected chi connectivity index (χ2v) is 4.65. The molecule has 1 heterocycles. The number of nitrogens with one attached hydrogen (secondary N) is 1. The van der Waals surface area contributed by atoms with Crippen molar-refractivity contribution >= 4 is 27.6 Å². The number of carbonyl (C=O) groups is 1. The lowest BCUT2D eigenvalue weighted by Crippen LogP contribution is -2.19. The van der Waals surface area contributed by atoms with Gasteiger partial charge in [0.1, 0.15) is 0 Å². The van der Waals surface area contributed by atoms with E-state index < -0.39 is 5.97 Å². The van der Waals surface area contributed by atoms with E-state index in [1.807, 2.05) is 6.07 Å². The second-order valence-electron chi connectivity index (χ2n) is 3.74. The van der Waals surface area contributed by atoms with Crippen LogP contribution in [0.15, 0.2) is 22.7 Å². The fourth-order valence-corrected chi connectivity index (χ4v) is 2.17. The van der Waals surface area contributed by atoms with E-state index in [1.54, 1.807) is 12.1 Å². The van der Waals surface area contributed by atoms with Gasteiger partial charge in [0.25, 0.3) is 0 Å². The van der Waals surface area contributed by atoms with Crippen molar-refractivity contribution in [1.82, 2.24) is 0 Å². The molecule has 2 N–H and O–H groups in total. The molecule has 0 bridgehead atoms. The SMILES string of the molecule is O=C(O)c1cc(Br)cc(NC2CCOC2)c1. The van der Waals surface area contributed by atoms with Gasteiger partial charge in [-0.2, -0.15) is 0 Å². The number of benzene rings is 1. The normalized spacial score (nSPS) is 19.7. The number of carboxylic acids is 1. The zero-order valence-corrected chi connectivity index (χ0v) is 10.2. The van der Waals surface area contributed by atoms with Crippen LogP contribution in [-0.4, -0.2) is 30.3 Å². The molecule has 0 aromatic heterocycles. The average Bonchev–Trinajstić information content (AvgIpc) is 2.69. The summed E-state index contributed by atoms with van der Waals surface area (Å²) >= 11 is 3.30. The maximum atomic E-state index is 10.9. The molecule has 2 rings (SSSR count). The first-order chi connectivity index (χ1) is 7.65. The molecule has 16 heavy (non-hydrogen) atoms. The van der Waals surface area contributed by atoms with Crippen molar-refractivity contribution in [3.63, 3.8) is 0 Å². The van der Waals surface area contributed by atoms with Gasteiger partial charge in [-0.15, -0.1) is 0 Å². The molecule has 0 amide bonds. The van der Waals surface area contributed by atoms with E-state index in [0.717, 1.165) is 23.2 Å². The maximum absolute atomic E-state index is 10.9. The number of hydrogen-bond donors (Lipinski definition) is 2. The van der Waals surface area contributed by atoms with E-state index in [4.69, 9.17) is 9.84 Å². The number of carboxylic acid groups (broad SMARTS) is 1. The molecule has 1 saturated heterocycles. The van der Waals surface area contributed by atoms with Crippen molar-refractivity contribution in [3.05, 3.63) is 28.2 Å². The summed E-state index contributed by atoms with van der Waals surface area (Å²) in [5.41, 5.74) is 1.08. The van der Waals surface area contributed by atoms with E-state index in [-0.39, 0.29) is 11.6 Å². The summed E-state index contributed by atoms with van der Waals surface area (Å²) in [6.45, 7) is 1.44. The third-order valence-electron chi connectivity index (χ3n) is 2.45. The van der Waals surface area contributed by atoms with Gasteiger partial charge in [0.2, 0.25) is 0 Å². The Kier molecular flexibility index (Phi) is 3.46. The van der Waals surface area contributed by atoms with Crippen LogP contribution in [0.4, 0.5) is 5.69 Å². The Morgan fingerprint density at radius 3 is 2.94 bits per heavy atom. The Balaban J connectivity index is 2.16. The topological polar surface area (TPSA) is 58.6 Å². The number of rotatable bonds is 3. The second kappa shape index (κ2) is 4.84. The summed E-state index contributed by atoms with van der Waals surface area (Å²) in [5, 5.41) is 12.2. The molecule has 0 radical (unpaired) electrons. The van der Waals surface area contributed by atoms with E-state index >= 15 is 0 Å². The molecule has 86 valence electrons. The monoisotopic (exact) mass is 285 g/mol. The molecule has 1 aromatic rings. The summed E-state index contributed by atoms with van der Waals surface area (Å²) in [4.78, 5) is 10.9. The van der Waals surface area contributed by atoms with E-state index in [2.05, 4.69) is 21.2 Å². The fraction of sp³-hybridized carbons (Fsp3) is 0.364. The Bertz CT molecular complexity index is 402. The predicted octanol–water partition coefficient (Wildman–Crippen LogP) is 2.35. The third kappa shape index (κ3) is 2.74. The minimum absolute atomic E-state index is 0.274. The molecule has 1 aliphatic rings. The van der Waals surface area contributed by atoms with Crippen LogP contribution < -0.4 is 5.32 Å². The summed E-state index contributed by atoms with van der Waals surface area (Å²) < 4.78 is 6.00. The highest BCUT2D eigenvalue weighted by atomic mass is 79.9. The zero-order valence-electron chi connectivity index (χ0n) is 8.57. The molecule has 1 atom stereocenters. The van der Waals surface area contributed by atoms with Gasteiger partial charge in [-0.25, -0.2) is 4.79 Å². The van der Waals surface area contributed by atoms with Crippen molar-refractivity contribution in [2.75, 3.05) is 18.5 Å².